The van der Waals surface area contributed by atoms with E-state index in [1.807, 2.05) is 0 Å². The molecule has 3 rings (SSSR count). The Morgan fingerprint density at radius 3 is 2.42 bits per heavy atom. The molecule has 0 spiro atoms. The summed E-state index contributed by atoms with van der Waals surface area (Å²) in [4.78, 5) is 0. The van der Waals surface area contributed by atoms with E-state index in [-0.39, 0.29) is 0 Å². The quantitative estimate of drug-likeness (QED) is 0.498. The number of rotatable bonds is 6. The zero-order valence-electron chi connectivity index (χ0n) is 15.0. The maximum Gasteiger partial charge on any atom is -0.0155 e. The van der Waals surface area contributed by atoms with Gasteiger partial charge in [0.05, 0.1) is 0 Å². The molecule has 1 fully saturated rings. The first-order chi connectivity index (χ1) is 11.6. The predicted octanol–water partition coefficient (Wildman–Crippen LogP) is 7.12. The van der Waals surface area contributed by atoms with Gasteiger partial charge in [-0.25, -0.2) is 0 Å². The van der Waals surface area contributed by atoms with E-state index in [1.54, 1.807) is 0 Å². The van der Waals surface area contributed by atoms with Crippen molar-refractivity contribution in [2.75, 3.05) is 0 Å². The van der Waals surface area contributed by atoms with Gasteiger partial charge in [0.15, 0.2) is 0 Å². The van der Waals surface area contributed by atoms with E-state index in [0.29, 0.717) is 0 Å². The first-order valence-electron chi connectivity index (χ1n) is 9.17. The van der Waals surface area contributed by atoms with E-state index >= 15 is 0 Å². The smallest absolute Gasteiger partial charge is 0.0155 e. The highest BCUT2D eigenvalue weighted by molar-refractivity contribution is 5.78. The molecule has 0 nitrogen and oxygen atoms in total. The van der Waals surface area contributed by atoms with Crippen LogP contribution in [0.5, 0.6) is 0 Å². The van der Waals surface area contributed by atoms with Crippen LogP contribution in [-0.2, 0) is 0 Å². The van der Waals surface area contributed by atoms with Crippen LogP contribution in [0.1, 0.15) is 48.8 Å². The molecule has 2 aromatic rings. The minimum atomic E-state index is 0.981. The molecule has 0 radical (unpaired) electrons. The van der Waals surface area contributed by atoms with Crippen LogP contribution in [0.3, 0.4) is 0 Å². The maximum absolute atomic E-state index is 4.30. The number of hydrogen-bond acceptors (Lipinski definition) is 0. The Bertz CT molecular complexity index is 727. The lowest BCUT2D eigenvalue weighted by molar-refractivity contribution is 0.298. The van der Waals surface area contributed by atoms with Crippen LogP contribution in [0.15, 0.2) is 61.2 Å². The van der Waals surface area contributed by atoms with E-state index in [0.717, 1.165) is 11.5 Å². The van der Waals surface area contributed by atoms with Gasteiger partial charge in [-0.3, -0.25) is 0 Å². The third kappa shape index (κ3) is 4.06. The molecule has 0 atom stereocenters. The Hall–Kier alpha value is -2.08. The third-order valence-electron chi connectivity index (χ3n) is 5.25. The van der Waals surface area contributed by atoms with Gasteiger partial charge in [-0.2, -0.15) is 0 Å². The average molecular weight is 316 g/mol. The zero-order chi connectivity index (χ0) is 16.9. The highest BCUT2D eigenvalue weighted by atomic mass is 14.2. The summed E-state index contributed by atoms with van der Waals surface area (Å²) in [5.41, 5.74) is 7.50. The second kappa shape index (κ2) is 7.66. The van der Waals surface area contributed by atoms with Crippen LogP contribution in [0, 0.1) is 19.8 Å². The van der Waals surface area contributed by atoms with Crippen molar-refractivity contribution in [1.29, 1.82) is 0 Å². The minimum absolute atomic E-state index is 0.981. The lowest BCUT2D eigenvalue weighted by Crippen LogP contribution is -2.09. The molecular weight excluding hydrogens is 288 g/mol. The molecule has 0 bridgehead atoms. The molecule has 0 unspecified atom stereocenters. The monoisotopic (exact) mass is 316 g/mol. The molecule has 24 heavy (non-hydrogen) atoms. The van der Waals surface area contributed by atoms with Crippen molar-refractivity contribution in [3.05, 3.63) is 77.9 Å². The Balaban J connectivity index is 1.71. The van der Waals surface area contributed by atoms with Gasteiger partial charge in [0.25, 0.3) is 0 Å². The zero-order valence-corrected chi connectivity index (χ0v) is 15.0. The summed E-state index contributed by atoms with van der Waals surface area (Å²) in [6, 6.07) is 15.4. The van der Waals surface area contributed by atoms with Crippen molar-refractivity contribution >= 4 is 5.57 Å². The molecule has 1 aliphatic carbocycles. The topological polar surface area (TPSA) is 0 Å². The largest absolute Gasteiger partial charge is 0.0912 e. The van der Waals surface area contributed by atoms with Gasteiger partial charge in [-0.15, -0.1) is 0 Å². The second-order valence-electron chi connectivity index (χ2n) is 7.20. The van der Waals surface area contributed by atoms with Crippen molar-refractivity contribution in [2.24, 2.45) is 5.92 Å². The van der Waals surface area contributed by atoms with Crippen LogP contribution in [0.25, 0.3) is 16.7 Å². The van der Waals surface area contributed by atoms with E-state index < -0.39 is 0 Å². The molecule has 2 aromatic carbocycles. The molecule has 0 heterocycles. The fraction of sp³-hybridized carbons (Fsp3) is 0.333. The minimum Gasteiger partial charge on any atom is -0.0912 e. The summed E-state index contributed by atoms with van der Waals surface area (Å²) < 4.78 is 0. The first-order valence-corrected chi connectivity index (χ1v) is 9.17. The second-order valence-corrected chi connectivity index (χ2v) is 7.20. The maximum atomic E-state index is 4.30. The van der Waals surface area contributed by atoms with Crippen molar-refractivity contribution in [3.8, 4) is 11.1 Å². The van der Waals surface area contributed by atoms with Crippen LogP contribution in [-0.4, -0.2) is 0 Å². The molecule has 0 amide bonds. The highest BCUT2D eigenvalue weighted by Gasteiger charge is 2.15. The molecule has 0 aromatic heterocycles. The fourth-order valence-corrected chi connectivity index (χ4v) is 3.32. The SMILES string of the molecule is C=C(/C=C\CCC1CCC1)c1cc(-c2ccc(C)cc2)ccc1C. The van der Waals surface area contributed by atoms with Gasteiger partial charge < -0.3 is 0 Å². The molecule has 0 N–H and O–H groups in total. The molecule has 124 valence electrons. The van der Waals surface area contributed by atoms with Crippen LogP contribution in [0.2, 0.25) is 0 Å². The summed E-state index contributed by atoms with van der Waals surface area (Å²) in [7, 11) is 0. The number of hydrogen-bond donors (Lipinski definition) is 0. The van der Waals surface area contributed by atoms with Crippen LogP contribution in [0.4, 0.5) is 0 Å². The number of allylic oxidation sites excluding steroid dienone is 3. The van der Waals surface area contributed by atoms with E-state index in [2.05, 4.69) is 75.0 Å². The summed E-state index contributed by atoms with van der Waals surface area (Å²) in [6.45, 7) is 8.59. The molecule has 0 saturated heterocycles. The Morgan fingerprint density at radius 2 is 1.75 bits per heavy atom. The van der Waals surface area contributed by atoms with Crippen LogP contribution >= 0.6 is 0 Å². The van der Waals surface area contributed by atoms with Gasteiger partial charge in [0.2, 0.25) is 0 Å². The first kappa shape index (κ1) is 16.8. The van der Waals surface area contributed by atoms with E-state index in [4.69, 9.17) is 0 Å². The summed E-state index contributed by atoms with van der Waals surface area (Å²) in [6.07, 6.45) is 11.3. The van der Waals surface area contributed by atoms with Crippen molar-refractivity contribution < 1.29 is 0 Å². The normalized spacial score (nSPS) is 14.8. The van der Waals surface area contributed by atoms with Gasteiger partial charge >= 0.3 is 0 Å². The van der Waals surface area contributed by atoms with Gasteiger partial charge in [-0.05, 0) is 66.5 Å². The van der Waals surface area contributed by atoms with E-state index in [9.17, 15) is 0 Å². The Morgan fingerprint density at radius 1 is 1.04 bits per heavy atom. The molecule has 0 aliphatic heterocycles. The third-order valence-corrected chi connectivity index (χ3v) is 5.25. The lowest BCUT2D eigenvalue weighted by Gasteiger charge is -2.24. The molecule has 1 aliphatic rings. The summed E-state index contributed by atoms with van der Waals surface area (Å²) in [5.74, 6) is 0.981. The standard InChI is InChI=1S/C24H28/c1-18-11-14-22(15-12-18)23-16-13-20(3)24(17-23)19(2)7-4-5-8-21-9-6-10-21/h4,7,11-17,21H,2,5-6,8-10H2,1,3H3/b7-4-. The Labute approximate surface area is 146 Å². The fourth-order valence-electron chi connectivity index (χ4n) is 3.32. The lowest BCUT2D eigenvalue weighted by atomic mass is 9.82. The highest BCUT2D eigenvalue weighted by Crippen LogP contribution is 2.31. The van der Waals surface area contributed by atoms with Gasteiger partial charge in [-0.1, -0.05) is 80.0 Å². The van der Waals surface area contributed by atoms with Crippen molar-refractivity contribution in [1.82, 2.24) is 0 Å². The van der Waals surface area contributed by atoms with E-state index in [1.165, 1.54) is 59.9 Å². The molecule has 0 heteroatoms. The van der Waals surface area contributed by atoms with Gasteiger partial charge in [0.1, 0.15) is 0 Å². The predicted molar refractivity (Wildman–Crippen MR) is 106 cm³/mol. The number of benzene rings is 2. The molecular formula is C24H28. The van der Waals surface area contributed by atoms with Crippen LogP contribution < -0.4 is 0 Å². The average Bonchev–Trinajstić information content (AvgIpc) is 2.54. The summed E-state index contributed by atoms with van der Waals surface area (Å²) in [5, 5.41) is 0. The van der Waals surface area contributed by atoms with Gasteiger partial charge in [0, 0.05) is 0 Å². The van der Waals surface area contributed by atoms with Crippen molar-refractivity contribution in [2.45, 2.75) is 46.0 Å². The van der Waals surface area contributed by atoms with Crippen molar-refractivity contribution in [3.63, 3.8) is 0 Å². The Kier molecular flexibility index (Phi) is 5.35. The molecule has 1 saturated carbocycles. The number of aryl methyl sites for hydroxylation is 2. The summed E-state index contributed by atoms with van der Waals surface area (Å²) >= 11 is 0.